The SMILES string of the molecule is Cc1ccc(S(=O)(=O)Nc2ccc(N3CCC[C@@H](CN4CCCC4)C3)c(C(=O)O)c2)cc1. The van der Waals surface area contributed by atoms with Crippen molar-refractivity contribution < 1.29 is 18.3 Å². The van der Waals surface area contributed by atoms with Gasteiger partial charge in [0.1, 0.15) is 0 Å². The molecular weight excluding hydrogens is 426 g/mol. The van der Waals surface area contributed by atoms with Gasteiger partial charge in [-0.15, -0.1) is 0 Å². The summed E-state index contributed by atoms with van der Waals surface area (Å²) in [4.78, 5) is 16.8. The second-order valence-corrected chi connectivity index (χ2v) is 10.6. The van der Waals surface area contributed by atoms with Crippen molar-refractivity contribution in [2.45, 2.75) is 37.5 Å². The number of sulfonamides is 1. The van der Waals surface area contributed by atoms with Crippen molar-refractivity contribution in [2.24, 2.45) is 5.92 Å². The number of likely N-dealkylation sites (tertiary alicyclic amines) is 1. The summed E-state index contributed by atoms with van der Waals surface area (Å²) in [6.07, 6.45) is 4.71. The number of anilines is 2. The minimum absolute atomic E-state index is 0.121. The highest BCUT2D eigenvalue weighted by molar-refractivity contribution is 7.92. The van der Waals surface area contributed by atoms with Gasteiger partial charge in [0.05, 0.1) is 16.1 Å². The van der Waals surface area contributed by atoms with Gasteiger partial charge >= 0.3 is 5.97 Å². The lowest BCUT2D eigenvalue weighted by Gasteiger charge is -2.36. The molecule has 0 spiro atoms. The summed E-state index contributed by atoms with van der Waals surface area (Å²) in [7, 11) is -3.79. The first-order valence-electron chi connectivity index (χ1n) is 11.3. The second kappa shape index (κ2) is 9.50. The molecule has 2 fully saturated rings. The van der Waals surface area contributed by atoms with Crippen LogP contribution in [0.5, 0.6) is 0 Å². The molecule has 32 heavy (non-hydrogen) atoms. The molecule has 2 saturated heterocycles. The fraction of sp³-hybridized carbons (Fsp3) is 0.458. The van der Waals surface area contributed by atoms with E-state index in [1.165, 1.54) is 18.9 Å². The maximum atomic E-state index is 12.7. The van der Waals surface area contributed by atoms with Crippen LogP contribution in [-0.4, -0.2) is 57.1 Å². The molecule has 1 atom stereocenters. The molecule has 0 radical (unpaired) electrons. The van der Waals surface area contributed by atoms with Crippen molar-refractivity contribution in [3.63, 3.8) is 0 Å². The van der Waals surface area contributed by atoms with Crippen molar-refractivity contribution in [3.8, 4) is 0 Å². The zero-order valence-corrected chi connectivity index (χ0v) is 19.3. The number of aromatic carboxylic acids is 1. The van der Waals surface area contributed by atoms with Crippen LogP contribution >= 0.6 is 0 Å². The number of hydrogen-bond donors (Lipinski definition) is 2. The number of hydrogen-bond acceptors (Lipinski definition) is 5. The Kier molecular flexibility index (Phi) is 6.71. The Morgan fingerprint density at radius 2 is 1.78 bits per heavy atom. The van der Waals surface area contributed by atoms with E-state index in [9.17, 15) is 18.3 Å². The van der Waals surface area contributed by atoms with Crippen molar-refractivity contribution in [2.75, 3.05) is 42.3 Å². The van der Waals surface area contributed by atoms with Gasteiger partial charge in [0.15, 0.2) is 0 Å². The summed E-state index contributed by atoms with van der Waals surface area (Å²) in [5.41, 5.74) is 1.99. The first kappa shape index (κ1) is 22.6. The molecule has 0 aromatic heterocycles. The number of carboxylic acid groups (broad SMARTS) is 1. The van der Waals surface area contributed by atoms with Gasteiger partial charge < -0.3 is 14.9 Å². The molecule has 0 saturated carbocycles. The number of aryl methyl sites for hydroxylation is 1. The molecule has 0 aliphatic carbocycles. The number of carbonyl (C=O) groups is 1. The third kappa shape index (κ3) is 5.24. The molecule has 2 aliphatic rings. The molecule has 0 unspecified atom stereocenters. The van der Waals surface area contributed by atoms with Gasteiger partial charge in [-0.25, -0.2) is 13.2 Å². The predicted molar refractivity (Wildman–Crippen MR) is 126 cm³/mol. The highest BCUT2D eigenvalue weighted by atomic mass is 32.2. The fourth-order valence-electron chi connectivity index (χ4n) is 4.74. The number of carboxylic acids is 1. The highest BCUT2D eigenvalue weighted by Gasteiger charge is 2.26. The Morgan fingerprint density at radius 1 is 1.06 bits per heavy atom. The van der Waals surface area contributed by atoms with Crippen LogP contribution in [0.2, 0.25) is 0 Å². The molecule has 2 N–H and O–H groups in total. The third-order valence-corrected chi connectivity index (χ3v) is 7.78. The van der Waals surface area contributed by atoms with E-state index in [0.29, 0.717) is 11.6 Å². The van der Waals surface area contributed by atoms with Gasteiger partial charge in [-0.1, -0.05) is 17.7 Å². The van der Waals surface area contributed by atoms with E-state index in [0.717, 1.165) is 51.1 Å². The van der Waals surface area contributed by atoms with E-state index in [2.05, 4.69) is 14.5 Å². The topological polar surface area (TPSA) is 90.0 Å². The molecule has 0 bridgehead atoms. The van der Waals surface area contributed by atoms with Crippen LogP contribution in [0.3, 0.4) is 0 Å². The minimum Gasteiger partial charge on any atom is -0.478 e. The van der Waals surface area contributed by atoms with Crippen molar-refractivity contribution in [3.05, 3.63) is 53.6 Å². The van der Waals surface area contributed by atoms with Crippen molar-refractivity contribution in [1.82, 2.24) is 4.90 Å². The van der Waals surface area contributed by atoms with E-state index in [1.807, 2.05) is 6.92 Å². The maximum Gasteiger partial charge on any atom is 0.337 e. The van der Waals surface area contributed by atoms with Gasteiger partial charge in [0.25, 0.3) is 10.0 Å². The Hall–Kier alpha value is -2.58. The molecule has 2 aliphatic heterocycles. The van der Waals surface area contributed by atoms with E-state index >= 15 is 0 Å². The smallest absolute Gasteiger partial charge is 0.337 e. The highest BCUT2D eigenvalue weighted by Crippen LogP contribution is 2.30. The maximum absolute atomic E-state index is 12.7. The average Bonchev–Trinajstić information content (AvgIpc) is 3.27. The quantitative estimate of drug-likeness (QED) is 0.657. The van der Waals surface area contributed by atoms with Crippen LogP contribution in [0.1, 0.15) is 41.6 Å². The summed E-state index contributed by atoms with van der Waals surface area (Å²) in [5, 5.41) is 9.85. The van der Waals surface area contributed by atoms with Gasteiger partial charge in [-0.2, -0.15) is 0 Å². The monoisotopic (exact) mass is 457 g/mol. The van der Waals surface area contributed by atoms with Gasteiger partial charge in [-0.05, 0) is 81.9 Å². The molecule has 172 valence electrons. The fourth-order valence-corrected chi connectivity index (χ4v) is 5.79. The van der Waals surface area contributed by atoms with E-state index in [4.69, 9.17) is 0 Å². The van der Waals surface area contributed by atoms with E-state index in [-0.39, 0.29) is 16.1 Å². The van der Waals surface area contributed by atoms with Gasteiger partial charge in [-0.3, -0.25) is 4.72 Å². The van der Waals surface area contributed by atoms with Crippen LogP contribution in [0.25, 0.3) is 0 Å². The van der Waals surface area contributed by atoms with E-state index < -0.39 is 16.0 Å². The second-order valence-electron chi connectivity index (χ2n) is 8.92. The molecule has 4 rings (SSSR count). The Morgan fingerprint density at radius 3 is 2.47 bits per heavy atom. The van der Waals surface area contributed by atoms with Gasteiger partial charge in [0.2, 0.25) is 0 Å². The lowest BCUT2D eigenvalue weighted by molar-refractivity contribution is 0.0697. The summed E-state index contributed by atoms with van der Waals surface area (Å²) in [6, 6.07) is 11.3. The molecule has 2 aromatic carbocycles. The zero-order valence-electron chi connectivity index (χ0n) is 18.5. The summed E-state index contributed by atoms with van der Waals surface area (Å²) in [6.45, 7) is 6.90. The third-order valence-electron chi connectivity index (χ3n) is 6.39. The molecule has 7 nitrogen and oxygen atoms in total. The summed E-state index contributed by atoms with van der Waals surface area (Å²) >= 11 is 0. The normalized spacial score (nSPS) is 19.8. The number of nitrogens with one attached hydrogen (secondary N) is 1. The van der Waals surface area contributed by atoms with E-state index in [1.54, 1.807) is 36.4 Å². The Balaban J connectivity index is 1.52. The largest absolute Gasteiger partial charge is 0.478 e. The number of nitrogens with zero attached hydrogens (tertiary/aromatic N) is 2. The average molecular weight is 458 g/mol. The zero-order chi connectivity index (χ0) is 22.7. The Labute approximate surface area is 190 Å². The van der Waals surface area contributed by atoms with Crippen LogP contribution < -0.4 is 9.62 Å². The van der Waals surface area contributed by atoms with Crippen molar-refractivity contribution in [1.29, 1.82) is 0 Å². The number of piperidine rings is 1. The number of rotatable bonds is 7. The summed E-state index contributed by atoms with van der Waals surface area (Å²) < 4.78 is 27.9. The van der Waals surface area contributed by atoms with Crippen LogP contribution in [0, 0.1) is 12.8 Å². The van der Waals surface area contributed by atoms with Crippen LogP contribution in [-0.2, 0) is 10.0 Å². The van der Waals surface area contributed by atoms with Gasteiger partial charge in [0, 0.05) is 25.3 Å². The lowest BCUT2D eigenvalue weighted by Crippen LogP contribution is -2.41. The van der Waals surface area contributed by atoms with Crippen molar-refractivity contribution >= 4 is 27.4 Å². The first-order valence-corrected chi connectivity index (χ1v) is 12.7. The number of benzene rings is 2. The molecular formula is C24H31N3O4S. The summed E-state index contributed by atoms with van der Waals surface area (Å²) in [5.74, 6) is -0.540. The molecule has 2 heterocycles. The first-order chi connectivity index (χ1) is 15.3. The minimum atomic E-state index is -3.79. The molecule has 8 heteroatoms. The molecule has 0 amide bonds. The Bertz CT molecular complexity index is 1060. The van der Waals surface area contributed by atoms with Crippen LogP contribution in [0.4, 0.5) is 11.4 Å². The predicted octanol–water partition coefficient (Wildman–Crippen LogP) is 3.81. The lowest BCUT2D eigenvalue weighted by atomic mass is 9.96. The molecule has 2 aromatic rings. The van der Waals surface area contributed by atoms with Crippen LogP contribution in [0.15, 0.2) is 47.4 Å². The standard InChI is InChI=1S/C24H31N3O4S/c1-18-6-9-21(10-7-18)32(30,31)25-20-8-11-23(22(15-20)24(28)29)27-14-4-5-19(17-27)16-26-12-2-3-13-26/h6-11,15,19,25H,2-5,12-14,16-17H2,1H3,(H,28,29)/t19-/m0/s1.